The summed E-state index contributed by atoms with van der Waals surface area (Å²) in [5.41, 5.74) is 1.58. The molecule has 1 N–H and O–H groups in total. The molecule has 0 fully saturated rings. The molecule has 0 aliphatic rings. The zero-order valence-corrected chi connectivity index (χ0v) is 17.8. The van der Waals surface area contributed by atoms with Gasteiger partial charge in [-0.1, -0.05) is 30.3 Å². The summed E-state index contributed by atoms with van der Waals surface area (Å²) in [6.45, 7) is 2.75. The van der Waals surface area contributed by atoms with Crippen LogP contribution in [0.25, 0.3) is 6.08 Å². The molecule has 2 aromatic carbocycles. The van der Waals surface area contributed by atoms with Crippen molar-refractivity contribution in [3.63, 3.8) is 0 Å². The number of hydrogen-bond donors (Lipinski definition) is 1. The number of ether oxygens (including phenoxy) is 1. The summed E-state index contributed by atoms with van der Waals surface area (Å²) in [6, 6.07) is 15.4. The van der Waals surface area contributed by atoms with Crippen LogP contribution in [0.4, 0.5) is 5.69 Å². The molecule has 0 saturated carbocycles. The minimum atomic E-state index is -0.490. The second kappa shape index (κ2) is 12.2. The second-order valence-corrected chi connectivity index (χ2v) is 6.83. The predicted molar refractivity (Wildman–Crippen MR) is 121 cm³/mol. The number of nitro groups is 1. The van der Waals surface area contributed by atoms with Crippen LogP contribution in [0, 0.1) is 10.1 Å². The monoisotopic (exact) mass is 441 g/mol. The van der Waals surface area contributed by atoms with E-state index in [1.165, 1.54) is 24.3 Å². The fourth-order valence-corrected chi connectivity index (χ4v) is 2.88. The fraction of sp³-hybridized carbons (Fsp3) is 0.227. The molecule has 0 aromatic heterocycles. The van der Waals surface area contributed by atoms with Gasteiger partial charge < -0.3 is 9.64 Å². The van der Waals surface area contributed by atoms with E-state index in [-0.39, 0.29) is 23.2 Å². The third kappa shape index (κ3) is 8.35. The highest BCUT2D eigenvalue weighted by Gasteiger charge is 2.14. The van der Waals surface area contributed by atoms with Crippen LogP contribution in [-0.4, -0.2) is 40.0 Å². The summed E-state index contributed by atoms with van der Waals surface area (Å²) >= 11 is 5.38. The Balaban J connectivity index is 2.00. The van der Waals surface area contributed by atoms with Crippen molar-refractivity contribution >= 4 is 41.0 Å². The number of amides is 1. The maximum atomic E-state index is 12.3. The Labute approximate surface area is 185 Å². The van der Waals surface area contributed by atoms with E-state index >= 15 is 0 Å². The molecule has 162 valence electrons. The van der Waals surface area contributed by atoms with E-state index in [0.29, 0.717) is 25.3 Å². The Kier molecular flexibility index (Phi) is 9.31. The molecule has 0 atom stereocenters. The summed E-state index contributed by atoms with van der Waals surface area (Å²) in [7, 11) is 0. The highest BCUT2D eigenvalue weighted by Crippen LogP contribution is 2.13. The molecule has 8 nitrogen and oxygen atoms in total. The van der Waals surface area contributed by atoms with Crippen molar-refractivity contribution in [1.29, 1.82) is 0 Å². The van der Waals surface area contributed by atoms with E-state index in [1.807, 2.05) is 30.3 Å². The molecule has 1 amide bonds. The van der Waals surface area contributed by atoms with Gasteiger partial charge in [-0.05, 0) is 48.5 Å². The van der Waals surface area contributed by atoms with Gasteiger partial charge in [0.25, 0.3) is 5.69 Å². The van der Waals surface area contributed by atoms with E-state index in [2.05, 4.69) is 5.32 Å². The average molecular weight is 442 g/mol. The molecule has 0 aliphatic carbocycles. The number of nitro benzene ring substituents is 1. The van der Waals surface area contributed by atoms with Gasteiger partial charge in [0.05, 0.1) is 18.0 Å². The molecular formula is C22H23N3O5S. The molecular weight excluding hydrogens is 418 g/mol. The third-order valence-electron chi connectivity index (χ3n) is 4.16. The molecule has 0 bridgehead atoms. The number of thiocarbonyl (C=S) groups is 1. The zero-order chi connectivity index (χ0) is 22.6. The third-order valence-corrected chi connectivity index (χ3v) is 4.52. The van der Waals surface area contributed by atoms with Crippen LogP contribution in [0.5, 0.6) is 0 Å². The first-order chi connectivity index (χ1) is 14.9. The largest absolute Gasteiger partial charge is 0.466 e. The van der Waals surface area contributed by atoms with Crippen molar-refractivity contribution < 1.29 is 19.2 Å². The lowest BCUT2D eigenvalue weighted by atomic mass is 10.2. The van der Waals surface area contributed by atoms with Crippen LogP contribution in [0.1, 0.15) is 24.5 Å². The molecule has 0 unspecified atom stereocenters. The molecule has 9 heteroatoms. The zero-order valence-electron chi connectivity index (χ0n) is 17.0. The van der Waals surface area contributed by atoms with E-state index in [0.717, 1.165) is 5.56 Å². The van der Waals surface area contributed by atoms with Gasteiger partial charge in [-0.2, -0.15) is 0 Å². The molecule has 2 rings (SSSR count). The van der Waals surface area contributed by atoms with Crippen molar-refractivity contribution in [2.24, 2.45) is 0 Å². The number of benzene rings is 2. The number of nitrogens with one attached hydrogen (secondary N) is 1. The second-order valence-electron chi connectivity index (χ2n) is 6.44. The summed E-state index contributed by atoms with van der Waals surface area (Å²) in [5.74, 6) is -0.787. The first-order valence-electron chi connectivity index (χ1n) is 9.61. The van der Waals surface area contributed by atoms with Crippen LogP contribution < -0.4 is 5.32 Å². The summed E-state index contributed by atoms with van der Waals surface area (Å²) in [4.78, 5) is 36.0. The highest BCUT2D eigenvalue weighted by molar-refractivity contribution is 7.80. The normalized spacial score (nSPS) is 10.5. The van der Waals surface area contributed by atoms with Crippen molar-refractivity contribution in [3.05, 3.63) is 81.9 Å². The number of carbonyl (C=O) groups excluding carboxylic acids is 2. The van der Waals surface area contributed by atoms with Gasteiger partial charge in [0.2, 0.25) is 5.91 Å². The van der Waals surface area contributed by atoms with Gasteiger partial charge in [-0.15, -0.1) is 0 Å². The average Bonchev–Trinajstić information content (AvgIpc) is 2.76. The maximum Gasteiger partial charge on any atom is 0.307 e. The van der Waals surface area contributed by atoms with Crippen LogP contribution in [0.15, 0.2) is 60.7 Å². The van der Waals surface area contributed by atoms with Gasteiger partial charge in [0, 0.05) is 31.3 Å². The van der Waals surface area contributed by atoms with Crippen LogP contribution >= 0.6 is 12.2 Å². The lowest BCUT2D eigenvalue weighted by Crippen LogP contribution is -2.42. The first-order valence-corrected chi connectivity index (χ1v) is 10.0. The number of carbonyl (C=O) groups is 2. The summed E-state index contributed by atoms with van der Waals surface area (Å²) in [6.07, 6.45) is 2.96. The molecule has 0 radical (unpaired) electrons. The maximum absolute atomic E-state index is 12.3. The Morgan fingerprint density at radius 2 is 1.84 bits per heavy atom. The number of non-ortho nitro benzene ring substituents is 1. The number of rotatable bonds is 9. The molecule has 0 aliphatic heterocycles. The van der Waals surface area contributed by atoms with Crippen molar-refractivity contribution in [1.82, 2.24) is 10.2 Å². The Bertz CT molecular complexity index is 945. The summed E-state index contributed by atoms with van der Waals surface area (Å²) in [5, 5.41) is 13.5. The van der Waals surface area contributed by atoms with Crippen LogP contribution in [-0.2, 0) is 20.9 Å². The minimum absolute atomic E-state index is 0.0269. The van der Waals surface area contributed by atoms with E-state index in [4.69, 9.17) is 17.0 Å². The standard InChI is InChI=1S/C22H23N3O5S/c1-2-30-21(27)14-15-24(16-18-6-4-3-5-7-18)22(31)23-20(26)13-10-17-8-11-19(12-9-17)25(28)29/h3-13H,2,14-16H2,1H3,(H,23,26,31)/b13-10+. The van der Waals surface area contributed by atoms with Crippen molar-refractivity contribution in [3.8, 4) is 0 Å². The number of nitrogens with zero attached hydrogens (tertiary/aromatic N) is 2. The quantitative estimate of drug-likeness (QED) is 0.209. The van der Waals surface area contributed by atoms with Crippen molar-refractivity contribution in [2.75, 3.05) is 13.2 Å². The molecule has 0 heterocycles. The van der Waals surface area contributed by atoms with Gasteiger partial charge in [0.15, 0.2) is 5.11 Å². The van der Waals surface area contributed by atoms with E-state index in [1.54, 1.807) is 24.0 Å². The van der Waals surface area contributed by atoms with Gasteiger partial charge in [-0.25, -0.2) is 0 Å². The lowest BCUT2D eigenvalue weighted by molar-refractivity contribution is -0.384. The Morgan fingerprint density at radius 3 is 2.45 bits per heavy atom. The van der Waals surface area contributed by atoms with Gasteiger partial charge in [0.1, 0.15) is 0 Å². The number of hydrogen-bond acceptors (Lipinski definition) is 6. The van der Waals surface area contributed by atoms with Crippen LogP contribution in [0.2, 0.25) is 0 Å². The molecule has 0 spiro atoms. The number of esters is 1. The fourth-order valence-electron chi connectivity index (χ4n) is 2.62. The molecule has 0 saturated heterocycles. The SMILES string of the molecule is CCOC(=O)CCN(Cc1ccccc1)C(=S)NC(=O)/C=C/c1ccc([N+](=O)[O-])cc1. The Morgan fingerprint density at radius 1 is 1.16 bits per heavy atom. The molecule has 2 aromatic rings. The summed E-state index contributed by atoms with van der Waals surface area (Å²) < 4.78 is 4.96. The van der Waals surface area contributed by atoms with E-state index in [9.17, 15) is 19.7 Å². The van der Waals surface area contributed by atoms with Crippen LogP contribution in [0.3, 0.4) is 0 Å². The van der Waals surface area contributed by atoms with Gasteiger partial charge in [-0.3, -0.25) is 25.0 Å². The lowest BCUT2D eigenvalue weighted by Gasteiger charge is -2.25. The minimum Gasteiger partial charge on any atom is -0.466 e. The topological polar surface area (TPSA) is 102 Å². The highest BCUT2D eigenvalue weighted by atomic mass is 32.1. The van der Waals surface area contributed by atoms with Crippen molar-refractivity contribution in [2.45, 2.75) is 19.9 Å². The van der Waals surface area contributed by atoms with E-state index < -0.39 is 10.8 Å². The first kappa shape index (κ1) is 23.7. The smallest absolute Gasteiger partial charge is 0.307 e. The Hall–Kier alpha value is -3.59. The van der Waals surface area contributed by atoms with Gasteiger partial charge >= 0.3 is 5.97 Å². The predicted octanol–water partition coefficient (Wildman–Crippen LogP) is 3.46. The molecule has 31 heavy (non-hydrogen) atoms.